The summed E-state index contributed by atoms with van der Waals surface area (Å²) in [5, 5.41) is 10.9. The molecule has 0 radical (unpaired) electrons. The second kappa shape index (κ2) is 9.83. The lowest BCUT2D eigenvalue weighted by Gasteiger charge is -2.27. The smallest absolute Gasteiger partial charge is 0.416 e. The van der Waals surface area contributed by atoms with Crippen LogP contribution in [0.5, 0.6) is 11.5 Å². The number of benzene rings is 2. The lowest BCUT2D eigenvalue weighted by atomic mass is 9.94. The Morgan fingerprint density at radius 2 is 1.87 bits per heavy atom. The Balaban J connectivity index is 1.73. The number of nitrogens with zero attached hydrogens (tertiary/aromatic N) is 1. The normalized spacial score (nSPS) is 17.9. The summed E-state index contributed by atoms with van der Waals surface area (Å²) in [4.78, 5) is 26.2. The molecule has 3 atom stereocenters. The Kier molecular flexibility index (Phi) is 7.17. The third-order valence-electron chi connectivity index (χ3n) is 5.54. The molecule has 1 fully saturated rings. The number of rotatable bonds is 8. The largest absolute Gasteiger partial charge is 0.493 e. The maximum atomic E-state index is 13.0. The van der Waals surface area contributed by atoms with E-state index in [-0.39, 0.29) is 18.6 Å². The summed E-state index contributed by atoms with van der Waals surface area (Å²) >= 11 is 0. The van der Waals surface area contributed by atoms with Gasteiger partial charge in [-0.2, -0.15) is 0 Å². The molecule has 0 saturated carbocycles. The first-order valence-electron chi connectivity index (χ1n) is 10.4. The van der Waals surface area contributed by atoms with Crippen molar-refractivity contribution in [3.8, 4) is 11.5 Å². The van der Waals surface area contributed by atoms with Crippen LogP contribution in [0.4, 0.5) is 4.79 Å². The fourth-order valence-corrected chi connectivity index (χ4v) is 3.55. The molecule has 2 aromatic rings. The van der Waals surface area contributed by atoms with E-state index in [9.17, 15) is 14.7 Å². The van der Waals surface area contributed by atoms with Crippen LogP contribution in [-0.2, 0) is 16.1 Å². The number of carbonyl (C=O) groups is 2. The van der Waals surface area contributed by atoms with Crippen LogP contribution in [0.2, 0.25) is 0 Å². The van der Waals surface area contributed by atoms with Gasteiger partial charge in [-0.05, 0) is 29.2 Å². The van der Waals surface area contributed by atoms with Crippen molar-refractivity contribution in [2.75, 3.05) is 13.7 Å². The molecule has 0 bridgehead atoms. The van der Waals surface area contributed by atoms with E-state index in [0.29, 0.717) is 23.7 Å². The lowest BCUT2D eigenvalue weighted by molar-refractivity contribution is -0.137. The molecule has 2 aromatic carbocycles. The van der Waals surface area contributed by atoms with E-state index in [2.05, 4.69) is 0 Å². The molecule has 7 heteroatoms. The van der Waals surface area contributed by atoms with Crippen LogP contribution in [0.25, 0.3) is 0 Å². The molecule has 1 saturated heterocycles. The first kappa shape index (κ1) is 22.6. The summed E-state index contributed by atoms with van der Waals surface area (Å²) in [5.74, 6) is -0.261. The van der Waals surface area contributed by atoms with Crippen molar-refractivity contribution in [2.24, 2.45) is 11.8 Å². The molecule has 1 aliphatic heterocycles. The summed E-state index contributed by atoms with van der Waals surface area (Å²) < 4.78 is 16.3. The van der Waals surface area contributed by atoms with Gasteiger partial charge in [0.1, 0.15) is 13.2 Å². The molecule has 2 amide bonds. The van der Waals surface area contributed by atoms with Gasteiger partial charge in [0.05, 0.1) is 25.2 Å². The van der Waals surface area contributed by atoms with Gasteiger partial charge in [0.25, 0.3) is 0 Å². The molecule has 0 unspecified atom stereocenters. The van der Waals surface area contributed by atoms with Gasteiger partial charge in [0, 0.05) is 0 Å². The molecule has 7 nitrogen and oxygen atoms in total. The van der Waals surface area contributed by atoms with E-state index in [1.165, 1.54) is 7.11 Å². The maximum Gasteiger partial charge on any atom is 0.416 e. The average Bonchev–Trinajstić information content (AvgIpc) is 3.18. The Morgan fingerprint density at radius 3 is 2.52 bits per heavy atom. The average molecular weight is 427 g/mol. The van der Waals surface area contributed by atoms with Gasteiger partial charge >= 0.3 is 6.09 Å². The van der Waals surface area contributed by atoms with Crippen molar-refractivity contribution >= 4 is 12.0 Å². The Morgan fingerprint density at radius 1 is 1.16 bits per heavy atom. The van der Waals surface area contributed by atoms with Crippen LogP contribution in [0.3, 0.4) is 0 Å². The van der Waals surface area contributed by atoms with Gasteiger partial charge in [-0.15, -0.1) is 0 Å². The van der Waals surface area contributed by atoms with Crippen molar-refractivity contribution in [1.82, 2.24) is 4.90 Å². The highest BCUT2D eigenvalue weighted by atomic mass is 16.6. The van der Waals surface area contributed by atoms with Gasteiger partial charge in [-0.25, -0.2) is 9.69 Å². The molecule has 1 heterocycles. The summed E-state index contributed by atoms with van der Waals surface area (Å²) in [6.45, 7) is 6.00. The standard InChI is InChI=1S/C24H29NO6/c1-15(2)19-14-31-24(28)25(19)23(27)16(3)22(26)18-10-11-20(21(12-18)29-4)30-13-17-8-6-5-7-9-17/h5-12,15-16,19,22,26H,13-14H2,1-4H3/t16-,19+,22-/m0/s1. The van der Waals surface area contributed by atoms with E-state index in [4.69, 9.17) is 14.2 Å². The number of imide groups is 1. The molecular weight excluding hydrogens is 398 g/mol. The molecule has 1 aliphatic rings. The second-order valence-corrected chi connectivity index (χ2v) is 8.01. The number of aliphatic hydroxyl groups excluding tert-OH is 1. The maximum absolute atomic E-state index is 13.0. The van der Waals surface area contributed by atoms with Crippen LogP contribution in [-0.4, -0.2) is 41.8 Å². The fraction of sp³-hybridized carbons (Fsp3) is 0.417. The zero-order chi connectivity index (χ0) is 22.5. The molecule has 0 aromatic heterocycles. The van der Waals surface area contributed by atoms with E-state index in [0.717, 1.165) is 10.5 Å². The molecule has 3 rings (SSSR count). The molecule has 166 valence electrons. The molecule has 1 N–H and O–H groups in total. The van der Waals surface area contributed by atoms with Crippen LogP contribution in [0.15, 0.2) is 48.5 Å². The Labute approximate surface area is 182 Å². The first-order valence-corrected chi connectivity index (χ1v) is 10.4. The van der Waals surface area contributed by atoms with Crippen LogP contribution in [0.1, 0.15) is 38.0 Å². The number of hydrogen-bond donors (Lipinski definition) is 1. The monoisotopic (exact) mass is 427 g/mol. The van der Waals surface area contributed by atoms with Crippen molar-refractivity contribution in [3.63, 3.8) is 0 Å². The van der Waals surface area contributed by atoms with Crippen LogP contribution >= 0.6 is 0 Å². The SMILES string of the molecule is COc1cc([C@@H](O)[C@H](C)C(=O)N2C(=O)OC[C@@H]2C(C)C)ccc1OCc1ccccc1. The van der Waals surface area contributed by atoms with E-state index in [1.54, 1.807) is 25.1 Å². The third-order valence-corrected chi connectivity index (χ3v) is 5.54. The Hall–Kier alpha value is -3.06. The quantitative estimate of drug-likeness (QED) is 0.687. The number of amides is 2. The van der Waals surface area contributed by atoms with Crippen molar-refractivity contribution in [2.45, 2.75) is 39.5 Å². The zero-order valence-electron chi connectivity index (χ0n) is 18.3. The highest BCUT2D eigenvalue weighted by molar-refractivity contribution is 5.95. The summed E-state index contributed by atoms with van der Waals surface area (Å²) in [6, 6.07) is 14.5. The number of cyclic esters (lactones) is 1. The summed E-state index contributed by atoms with van der Waals surface area (Å²) in [6.07, 6.45) is -1.78. The highest BCUT2D eigenvalue weighted by Crippen LogP contribution is 2.34. The van der Waals surface area contributed by atoms with E-state index in [1.807, 2.05) is 44.2 Å². The topological polar surface area (TPSA) is 85.3 Å². The van der Waals surface area contributed by atoms with E-state index >= 15 is 0 Å². The summed E-state index contributed by atoms with van der Waals surface area (Å²) in [7, 11) is 1.52. The molecule has 0 aliphatic carbocycles. The van der Waals surface area contributed by atoms with Crippen LogP contribution < -0.4 is 9.47 Å². The third kappa shape index (κ3) is 4.99. The highest BCUT2D eigenvalue weighted by Gasteiger charge is 2.42. The van der Waals surface area contributed by atoms with Crippen LogP contribution in [0, 0.1) is 11.8 Å². The fourth-order valence-electron chi connectivity index (χ4n) is 3.55. The minimum Gasteiger partial charge on any atom is -0.493 e. The van der Waals surface area contributed by atoms with Gasteiger partial charge in [-0.3, -0.25) is 4.79 Å². The first-order chi connectivity index (χ1) is 14.8. The molecule has 31 heavy (non-hydrogen) atoms. The predicted octanol–water partition coefficient (Wildman–Crippen LogP) is 3.95. The minimum absolute atomic E-state index is 0.0564. The van der Waals surface area contributed by atoms with Crippen molar-refractivity contribution in [3.05, 3.63) is 59.7 Å². The van der Waals surface area contributed by atoms with Gasteiger partial charge in [-0.1, -0.05) is 57.2 Å². The number of ether oxygens (including phenoxy) is 3. The Bertz CT molecular complexity index is 914. The zero-order valence-corrected chi connectivity index (χ0v) is 18.3. The number of hydrogen-bond acceptors (Lipinski definition) is 6. The summed E-state index contributed by atoms with van der Waals surface area (Å²) in [5.41, 5.74) is 1.52. The number of carbonyl (C=O) groups excluding carboxylic acids is 2. The number of methoxy groups -OCH3 is 1. The lowest BCUT2D eigenvalue weighted by Crippen LogP contribution is -2.45. The minimum atomic E-state index is -1.12. The predicted molar refractivity (Wildman–Crippen MR) is 115 cm³/mol. The van der Waals surface area contributed by atoms with E-state index < -0.39 is 24.0 Å². The number of aliphatic hydroxyl groups is 1. The second-order valence-electron chi connectivity index (χ2n) is 8.01. The van der Waals surface area contributed by atoms with Gasteiger partial charge in [0.15, 0.2) is 11.5 Å². The van der Waals surface area contributed by atoms with Gasteiger partial charge < -0.3 is 19.3 Å². The molecule has 0 spiro atoms. The van der Waals surface area contributed by atoms with Gasteiger partial charge in [0.2, 0.25) is 5.91 Å². The van der Waals surface area contributed by atoms with Crippen molar-refractivity contribution < 1.29 is 28.9 Å². The molecular formula is C24H29NO6. The van der Waals surface area contributed by atoms with Crippen molar-refractivity contribution in [1.29, 1.82) is 0 Å².